The molecule has 4 nitrogen and oxygen atoms in total. The fourth-order valence-electron chi connectivity index (χ4n) is 3.06. The lowest BCUT2D eigenvalue weighted by Crippen LogP contribution is -2.13. The van der Waals surface area contributed by atoms with Gasteiger partial charge in [-0.15, -0.1) is 0 Å². The fourth-order valence-corrected chi connectivity index (χ4v) is 3.06. The van der Waals surface area contributed by atoms with Crippen LogP contribution >= 0.6 is 0 Å². The Morgan fingerprint density at radius 3 is 2.09 bits per heavy atom. The topological polar surface area (TPSA) is 50.4 Å². The summed E-state index contributed by atoms with van der Waals surface area (Å²) in [5.41, 5.74) is -0.986. The van der Waals surface area contributed by atoms with Crippen LogP contribution in [0.15, 0.2) is 60.8 Å². The highest BCUT2D eigenvalue weighted by Crippen LogP contribution is 2.34. The Balaban J connectivity index is 1.82. The number of hydrogen-bond acceptors (Lipinski definition) is 3. The van der Waals surface area contributed by atoms with Gasteiger partial charge in [0.2, 0.25) is 0 Å². The lowest BCUT2D eigenvalue weighted by molar-refractivity contribution is -0.142. The molecule has 0 fully saturated rings. The van der Waals surface area contributed by atoms with E-state index in [4.69, 9.17) is 5.11 Å². The monoisotopic (exact) mass is 461 g/mol. The molecule has 0 saturated carbocycles. The number of aromatic nitrogens is 3. The van der Waals surface area contributed by atoms with Crippen LogP contribution < -0.4 is 0 Å². The van der Waals surface area contributed by atoms with E-state index in [-0.39, 0.29) is 29.1 Å². The summed E-state index contributed by atoms with van der Waals surface area (Å²) in [5, 5.41) is 12.8. The van der Waals surface area contributed by atoms with Gasteiger partial charge in [0.25, 0.3) is 0 Å². The minimum atomic E-state index is -4.79. The maximum absolute atomic E-state index is 13.7. The SMILES string of the molecule is OCc1ccc(C#Cc2cnn3c(C(F)(F)F)cc(-c4ccc(C(F)(F)F)cc4)nc23)cc1. The smallest absolute Gasteiger partial charge is 0.392 e. The number of rotatable bonds is 2. The molecule has 2 heterocycles. The molecule has 2 aromatic heterocycles. The molecular weight excluding hydrogens is 448 g/mol. The number of halogens is 6. The average molecular weight is 461 g/mol. The Bertz CT molecular complexity index is 1360. The van der Waals surface area contributed by atoms with E-state index in [9.17, 15) is 26.3 Å². The van der Waals surface area contributed by atoms with Crippen LogP contribution in [0.4, 0.5) is 26.3 Å². The van der Waals surface area contributed by atoms with Gasteiger partial charge >= 0.3 is 12.4 Å². The van der Waals surface area contributed by atoms with E-state index in [0.717, 1.165) is 36.5 Å². The van der Waals surface area contributed by atoms with E-state index in [1.807, 2.05) is 0 Å². The van der Waals surface area contributed by atoms with Gasteiger partial charge in [0.05, 0.1) is 29.6 Å². The van der Waals surface area contributed by atoms with Crippen molar-refractivity contribution in [2.24, 2.45) is 0 Å². The lowest BCUT2D eigenvalue weighted by atomic mass is 10.1. The van der Waals surface area contributed by atoms with E-state index in [1.165, 1.54) is 0 Å². The van der Waals surface area contributed by atoms with Gasteiger partial charge in [-0.25, -0.2) is 9.50 Å². The third-order valence-electron chi connectivity index (χ3n) is 4.75. The zero-order chi connectivity index (χ0) is 23.8. The number of benzene rings is 2. The molecule has 4 rings (SSSR count). The Kier molecular flexibility index (Phi) is 5.59. The largest absolute Gasteiger partial charge is 0.433 e. The molecule has 0 unspecified atom stereocenters. The molecule has 0 radical (unpaired) electrons. The highest BCUT2D eigenvalue weighted by Gasteiger charge is 2.36. The van der Waals surface area contributed by atoms with Crippen LogP contribution in [0.2, 0.25) is 0 Å². The summed E-state index contributed by atoms with van der Waals surface area (Å²) in [4.78, 5) is 4.19. The molecule has 0 aliphatic rings. The second kappa shape index (κ2) is 8.26. The molecule has 0 saturated heterocycles. The molecule has 33 heavy (non-hydrogen) atoms. The van der Waals surface area contributed by atoms with Crippen LogP contribution in [0.3, 0.4) is 0 Å². The Labute approximate surface area is 183 Å². The van der Waals surface area contributed by atoms with Crippen molar-refractivity contribution in [3.63, 3.8) is 0 Å². The van der Waals surface area contributed by atoms with Gasteiger partial charge in [-0.05, 0) is 35.9 Å². The molecule has 0 spiro atoms. The molecule has 168 valence electrons. The molecule has 1 N–H and O–H groups in total. The van der Waals surface area contributed by atoms with E-state index < -0.39 is 23.6 Å². The fraction of sp³-hybridized carbons (Fsp3) is 0.130. The van der Waals surface area contributed by atoms with E-state index in [2.05, 4.69) is 21.9 Å². The maximum Gasteiger partial charge on any atom is 0.433 e. The van der Waals surface area contributed by atoms with Crippen molar-refractivity contribution >= 4 is 5.65 Å². The van der Waals surface area contributed by atoms with Gasteiger partial charge in [-0.1, -0.05) is 36.1 Å². The quantitative estimate of drug-likeness (QED) is 0.325. The summed E-state index contributed by atoms with van der Waals surface area (Å²) < 4.78 is 80.1. The third-order valence-corrected chi connectivity index (χ3v) is 4.75. The zero-order valence-electron chi connectivity index (χ0n) is 16.5. The molecule has 0 bridgehead atoms. The Hall–Kier alpha value is -3.84. The number of hydrogen-bond donors (Lipinski definition) is 1. The first-order valence-electron chi connectivity index (χ1n) is 9.42. The summed E-state index contributed by atoms with van der Waals surface area (Å²) in [6.07, 6.45) is -8.22. The normalized spacial score (nSPS) is 12.0. The number of aliphatic hydroxyl groups is 1. The molecule has 0 aliphatic carbocycles. The Morgan fingerprint density at radius 1 is 0.848 bits per heavy atom. The third kappa shape index (κ3) is 4.68. The van der Waals surface area contributed by atoms with Gasteiger partial charge in [0.1, 0.15) is 0 Å². The number of nitrogens with zero attached hydrogens (tertiary/aromatic N) is 3. The molecule has 0 amide bonds. The van der Waals surface area contributed by atoms with Gasteiger partial charge < -0.3 is 5.11 Å². The van der Waals surface area contributed by atoms with Gasteiger partial charge in [0, 0.05) is 11.1 Å². The molecular formula is C23H13F6N3O. The first-order valence-corrected chi connectivity index (χ1v) is 9.42. The van der Waals surface area contributed by atoms with E-state index in [1.54, 1.807) is 24.3 Å². The van der Waals surface area contributed by atoms with Crippen LogP contribution in [0.25, 0.3) is 16.9 Å². The minimum Gasteiger partial charge on any atom is -0.392 e. The van der Waals surface area contributed by atoms with Crippen LogP contribution in [0, 0.1) is 11.8 Å². The summed E-state index contributed by atoms with van der Waals surface area (Å²) >= 11 is 0. The van der Waals surface area contributed by atoms with Crippen LogP contribution in [-0.4, -0.2) is 19.7 Å². The highest BCUT2D eigenvalue weighted by atomic mass is 19.4. The number of fused-ring (bicyclic) bond motifs is 1. The van der Waals surface area contributed by atoms with Gasteiger partial charge in [0.15, 0.2) is 11.3 Å². The van der Waals surface area contributed by atoms with E-state index >= 15 is 0 Å². The second-order valence-electron chi connectivity index (χ2n) is 7.00. The van der Waals surface area contributed by atoms with Crippen molar-refractivity contribution in [2.75, 3.05) is 0 Å². The Morgan fingerprint density at radius 2 is 1.52 bits per heavy atom. The van der Waals surface area contributed by atoms with Crippen molar-refractivity contribution in [1.29, 1.82) is 0 Å². The molecule has 2 aromatic carbocycles. The lowest BCUT2D eigenvalue weighted by Gasteiger charge is -2.12. The zero-order valence-corrected chi connectivity index (χ0v) is 16.5. The van der Waals surface area contributed by atoms with Crippen molar-refractivity contribution in [2.45, 2.75) is 19.0 Å². The van der Waals surface area contributed by atoms with Crippen LogP contribution in [0.1, 0.15) is 27.9 Å². The molecule has 10 heteroatoms. The predicted octanol–water partition coefficient (Wildman–Crippen LogP) is 5.33. The van der Waals surface area contributed by atoms with Crippen molar-refractivity contribution < 1.29 is 31.4 Å². The maximum atomic E-state index is 13.7. The summed E-state index contributed by atoms with van der Waals surface area (Å²) in [6, 6.07) is 11.0. The van der Waals surface area contributed by atoms with Gasteiger partial charge in [-0.2, -0.15) is 31.4 Å². The van der Waals surface area contributed by atoms with Crippen molar-refractivity contribution in [3.8, 4) is 23.1 Å². The standard InChI is InChI=1S/C23H13F6N3O/c24-22(25,26)18-9-7-16(8-10-18)19-11-20(23(27,28)29)32-21(31-19)17(12-30-32)6-5-14-1-3-15(13-33)4-2-14/h1-4,7-12,33H,13H2. The average Bonchev–Trinajstić information content (AvgIpc) is 3.19. The predicted molar refractivity (Wildman–Crippen MR) is 107 cm³/mol. The second-order valence-corrected chi connectivity index (χ2v) is 7.00. The molecule has 0 atom stereocenters. The van der Waals surface area contributed by atoms with Gasteiger partial charge in [-0.3, -0.25) is 0 Å². The first-order chi connectivity index (χ1) is 15.6. The summed E-state index contributed by atoms with van der Waals surface area (Å²) in [7, 11) is 0. The minimum absolute atomic E-state index is 0.0794. The first kappa shape index (κ1) is 22.4. The van der Waals surface area contributed by atoms with Crippen LogP contribution in [0.5, 0.6) is 0 Å². The molecule has 0 aliphatic heterocycles. The van der Waals surface area contributed by atoms with Crippen molar-refractivity contribution in [3.05, 3.63) is 88.7 Å². The summed E-state index contributed by atoms with van der Waals surface area (Å²) in [5.74, 6) is 5.53. The number of alkyl halides is 6. The summed E-state index contributed by atoms with van der Waals surface area (Å²) in [6.45, 7) is -0.140. The number of aliphatic hydroxyl groups excluding tert-OH is 1. The van der Waals surface area contributed by atoms with Crippen molar-refractivity contribution in [1.82, 2.24) is 14.6 Å². The van der Waals surface area contributed by atoms with E-state index in [0.29, 0.717) is 15.6 Å². The van der Waals surface area contributed by atoms with Crippen LogP contribution in [-0.2, 0) is 19.0 Å². The highest BCUT2D eigenvalue weighted by molar-refractivity contribution is 5.67. The molecule has 4 aromatic rings.